The highest BCUT2D eigenvalue weighted by Gasteiger charge is 2.30. The zero-order valence-electron chi connectivity index (χ0n) is 13.9. The van der Waals surface area contributed by atoms with E-state index in [9.17, 15) is 13.2 Å². The van der Waals surface area contributed by atoms with Crippen LogP contribution in [-0.4, -0.2) is 49.7 Å². The van der Waals surface area contributed by atoms with Gasteiger partial charge >= 0.3 is 0 Å². The summed E-state index contributed by atoms with van der Waals surface area (Å²) in [7, 11) is -3.53. The molecule has 26 heavy (non-hydrogen) atoms. The number of aryl methyl sites for hydroxylation is 1. The number of nitrogens with zero attached hydrogens (tertiary/aromatic N) is 2. The number of rotatable bonds is 5. The van der Waals surface area contributed by atoms with E-state index in [-0.39, 0.29) is 10.1 Å². The normalized spacial score (nSPS) is 16.0. The zero-order chi connectivity index (χ0) is 18.7. The van der Waals surface area contributed by atoms with Crippen LogP contribution < -0.4 is 0 Å². The number of piperazine rings is 1. The Balaban J connectivity index is 1.54. The number of carbonyl (C=O) groups is 1. The summed E-state index contributed by atoms with van der Waals surface area (Å²) in [5, 5.41) is 0. The molecule has 1 aromatic carbocycles. The predicted molar refractivity (Wildman–Crippen MR) is 107 cm³/mol. The molecule has 0 saturated carbocycles. The molecule has 0 aliphatic carbocycles. The van der Waals surface area contributed by atoms with Crippen molar-refractivity contribution in [1.29, 1.82) is 0 Å². The molecule has 0 radical (unpaired) electrons. The number of hydrogen-bond donors (Lipinski definition) is 0. The highest BCUT2D eigenvalue weighted by atomic mass is 79.9. The van der Waals surface area contributed by atoms with E-state index in [0.717, 1.165) is 21.4 Å². The quantitative estimate of drug-likeness (QED) is 0.661. The number of hydrogen-bond acceptors (Lipinski definition) is 4. The molecule has 0 unspecified atom stereocenters. The third-order valence-corrected chi connectivity index (χ3v) is 8.34. The lowest BCUT2D eigenvalue weighted by Crippen LogP contribution is -2.50. The average Bonchev–Trinajstić information content (AvgIpc) is 3.07. The second-order valence-corrected chi connectivity index (χ2v) is 10.8. The molecule has 1 saturated heterocycles. The fourth-order valence-electron chi connectivity index (χ4n) is 2.84. The smallest absolute Gasteiger partial charge is 0.252 e. The van der Waals surface area contributed by atoms with Crippen molar-refractivity contribution in [3.05, 3.63) is 50.8 Å². The third-order valence-electron chi connectivity index (χ3n) is 4.25. The van der Waals surface area contributed by atoms with Crippen LogP contribution in [-0.2, 0) is 21.2 Å². The molecule has 1 aromatic heterocycles. The van der Waals surface area contributed by atoms with Crippen molar-refractivity contribution in [2.75, 3.05) is 26.2 Å². The number of halogens is 2. The number of sulfonamides is 1. The fraction of sp³-hybridized carbons (Fsp3) is 0.353. The Kier molecular flexibility index (Phi) is 6.40. The van der Waals surface area contributed by atoms with Gasteiger partial charge in [0.2, 0.25) is 5.91 Å². The van der Waals surface area contributed by atoms with Gasteiger partial charge < -0.3 is 4.90 Å². The van der Waals surface area contributed by atoms with Gasteiger partial charge in [0.25, 0.3) is 10.0 Å². The van der Waals surface area contributed by atoms with Crippen LogP contribution in [0.3, 0.4) is 0 Å². The lowest BCUT2D eigenvalue weighted by Gasteiger charge is -2.33. The molecule has 1 aliphatic rings. The van der Waals surface area contributed by atoms with E-state index < -0.39 is 10.0 Å². The van der Waals surface area contributed by atoms with E-state index in [4.69, 9.17) is 11.6 Å². The van der Waals surface area contributed by atoms with E-state index in [1.807, 2.05) is 24.3 Å². The van der Waals surface area contributed by atoms with Gasteiger partial charge in [0, 0.05) is 37.1 Å². The second-order valence-electron chi connectivity index (χ2n) is 5.97. The molecule has 1 fully saturated rings. The van der Waals surface area contributed by atoms with Crippen LogP contribution in [0, 0.1) is 0 Å². The number of thiophene rings is 1. The van der Waals surface area contributed by atoms with Crippen LogP contribution in [0.5, 0.6) is 0 Å². The van der Waals surface area contributed by atoms with Crippen molar-refractivity contribution in [2.45, 2.75) is 17.1 Å². The van der Waals surface area contributed by atoms with Crippen LogP contribution in [0.15, 0.2) is 45.1 Å². The molecular weight excluding hydrogens is 460 g/mol. The Morgan fingerprint density at radius 1 is 1.15 bits per heavy atom. The van der Waals surface area contributed by atoms with E-state index >= 15 is 0 Å². The standard InChI is InChI=1S/C17H18BrClN2O3S2/c18-14-3-1-2-13(12-14)4-6-16(22)20-8-10-21(11-9-20)26(23,24)17-7-5-15(19)25-17/h1-3,5,7,12H,4,6,8-11H2. The van der Waals surface area contributed by atoms with Gasteiger partial charge in [-0.15, -0.1) is 11.3 Å². The summed E-state index contributed by atoms with van der Waals surface area (Å²) in [6, 6.07) is 11.0. The number of benzene rings is 1. The molecule has 0 atom stereocenters. The van der Waals surface area contributed by atoms with Crippen molar-refractivity contribution in [3.8, 4) is 0 Å². The summed E-state index contributed by atoms with van der Waals surface area (Å²) in [5.41, 5.74) is 1.10. The van der Waals surface area contributed by atoms with Gasteiger partial charge in [-0.2, -0.15) is 4.31 Å². The first-order chi connectivity index (χ1) is 12.4. The zero-order valence-corrected chi connectivity index (χ0v) is 17.9. The average molecular weight is 478 g/mol. The predicted octanol–water partition coefficient (Wildman–Crippen LogP) is 3.63. The summed E-state index contributed by atoms with van der Waals surface area (Å²) < 4.78 is 28.3. The van der Waals surface area contributed by atoms with E-state index in [1.54, 1.807) is 11.0 Å². The molecule has 0 bridgehead atoms. The third kappa shape index (κ3) is 4.67. The first-order valence-corrected chi connectivity index (χ1v) is 11.6. The molecular formula is C17H18BrClN2O3S2. The van der Waals surface area contributed by atoms with Crippen LogP contribution in [0.1, 0.15) is 12.0 Å². The lowest BCUT2D eigenvalue weighted by molar-refractivity contribution is -0.132. The molecule has 3 rings (SSSR count). The molecule has 140 valence electrons. The maximum absolute atomic E-state index is 12.6. The minimum absolute atomic E-state index is 0.0567. The number of carbonyl (C=O) groups excluding carboxylic acids is 1. The van der Waals surface area contributed by atoms with Gasteiger partial charge in [0.15, 0.2) is 0 Å². The summed E-state index contributed by atoms with van der Waals surface area (Å²) >= 11 is 10.3. The van der Waals surface area contributed by atoms with Gasteiger partial charge in [-0.3, -0.25) is 4.79 Å². The van der Waals surface area contributed by atoms with E-state index in [2.05, 4.69) is 15.9 Å². The highest BCUT2D eigenvalue weighted by Crippen LogP contribution is 2.28. The SMILES string of the molecule is O=C(CCc1cccc(Br)c1)N1CCN(S(=O)(=O)c2ccc(Cl)s2)CC1. The molecule has 1 aliphatic heterocycles. The molecule has 2 heterocycles. The Bertz CT molecular complexity index is 893. The summed E-state index contributed by atoms with van der Waals surface area (Å²) in [4.78, 5) is 14.2. The summed E-state index contributed by atoms with van der Waals surface area (Å²) in [6.45, 7) is 1.44. The fourth-order valence-corrected chi connectivity index (χ4v) is 6.35. The van der Waals surface area contributed by atoms with E-state index in [0.29, 0.717) is 43.4 Å². The van der Waals surface area contributed by atoms with Crippen molar-refractivity contribution < 1.29 is 13.2 Å². The van der Waals surface area contributed by atoms with Gasteiger partial charge in [-0.05, 0) is 36.2 Å². The Hall–Kier alpha value is -0.930. The minimum Gasteiger partial charge on any atom is -0.340 e. The van der Waals surface area contributed by atoms with Crippen LogP contribution in [0.4, 0.5) is 0 Å². The maximum atomic E-state index is 12.6. The molecule has 0 N–H and O–H groups in total. The minimum atomic E-state index is -3.53. The lowest BCUT2D eigenvalue weighted by atomic mass is 10.1. The Morgan fingerprint density at radius 2 is 1.88 bits per heavy atom. The van der Waals surface area contributed by atoms with Crippen LogP contribution in [0.2, 0.25) is 4.34 Å². The van der Waals surface area contributed by atoms with Gasteiger partial charge in [0.1, 0.15) is 4.21 Å². The monoisotopic (exact) mass is 476 g/mol. The molecule has 2 aromatic rings. The van der Waals surface area contributed by atoms with Crippen molar-refractivity contribution >= 4 is 54.8 Å². The van der Waals surface area contributed by atoms with Crippen LogP contribution >= 0.6 is 38.9 Å². The molecule has 5 nitrogen and oxygen atoms in total. The second kappa shape index (κ2) is 8.39. The van der Waals surface area contributed by atoms with Gasteiger partial charge in [0.05, 0.1) is 4.34 Å². The van der Waals surface area contributed by atoms with Crippen molar-refractivity contribution in [2.24, 2.45) is 0 Å². The first kappa shape index (κ1) is 19.8. The van der Waals surface area contributed by atoms with Crippen molar-refractivity contribution in [3.63, 3.8) is 0 Å². The van der Waals surface area contributed by atoms with E-state index in [1.165, 1.54) is 10.4 Å². The molecule has 9 heteroatoms. The van der Waals surface area contributed by atoms with Gasteiger partial charge in [-0.25, -0.2) is 8.42 Å². The Morgan fingerprint density at radius 3 is 2.50 bits per heavy atom. The topological polar surface area (TPSA) is 57.7 Å². The molecule has 1 amide bonds. The summed E-state index contributed by atoms with van der Waals surface area (Å²) in [6.07, 6.45) is 1.09. The number of amides is 1. The molecule has 0 spiro atoms. The summed E-state index contributed by atoms with van der Waals surface area (Å²) in [5.74, 6) is 0.0567. The van der Waals surface area contributed by atoms with Crippen molar-refractivity contribution in [1.82, 2.24) is 9.21 Å². The van der Waals surface area contributed by atoms with Crippen LogP contribution in [0.25, 0.3) is 0 Å². The largest absolute Gasteiger partial charge is 0.340 e. The van der Waals surface area contributed by atoms with Gasteiger partial charge in [-0.1, -0.05) is 39.7 Å². The highest BCUT2D eigenvalue weighted by molar-refractivity contribution is 9.10. The first-order valence-electron chi connectivity index (χ1n) is 8.14. The maximum Gasteiger partial charge on any atom is 0.252 e. The Labute approximate surface area is 170 Å².